The van der Waals surface area contributed by atoms with Crippen molar-refractivity contribution in [3.63, 3.8) is 0 Å². The smallest absolute Gasteiger partial charge is 0.317 e. The van der Waals surface area contributed by atoms with Crippen molar-refractivity contribution in [3.05, 3.63) is 0 Å². The van der Waals surface area contributed by atoms with E-state index in [0.29, 0.717) is 0 Å². The number of hydrogen-bond donors (Lipinski definition) is 2. The highest BCUT2D eigenvalue weighted by Gasteiger charge is 2.17. The molecule has 0 unspecified atom stereocenters. The SMILES string of the molecule is CCCCCCCCCCCC(C)(C)NCC(=O)O.O. The summed E-state index contributed by atoms with van der Waals surface area (Å²) in [6, 6.07) is 0. The van der Waals surface area contributed by atoms with Gasteiger partial charge in [-0.25, -0.2) is 0 Å². The number of nitrogens with one attached hydrogen (secondary N) is 1. The van der Waals surface area contributed by atoms with Gasteiger partial charge >= 0.3 is 5.97 Å². The first-order valence-corrected chi connectivity index (χ1v) is 7.95. The average molecular weight is 289 g/mol. The first kappa shape index (κ1) is 21.7. The highest BCUT2D eigenvalue weighted by Crippen LogP contribution is 2.16. The van der Waals surface area contributed by atoms with Crippen molar-refractivity contribution in [3.8, 4) is 0 Å². The fourth-order valence-corrected chi connectivity index (χ4v) is 2.28. The van der Waals surface area contributed by atoms with Crippen LogP contribution in [-0.2, 0) is 4.79 Å². The Balaban J connectivity index is 0. The largest absolute Gasteiger partial charge is 0.480 e. The molecule has 0 aliphatic heterocycles. The minimum atomic E-state index is -0.778. The van der Waals surface area contributed by atoms with Crippen LogP contribution in [0.3, 0.4) is 0 Å². The summed E-state index contributed by atoms with van der Waals surface area (Å²) in [6.45, 7) is 6.48. The summed E-state index contributed by atoms with van der Waals surface area (Å²) in [6.07, 6.45) is 13.0. The third-order valence-electron chi connectivity index (χ3n) is 3.62. The first-order chi connectivity index (χ1) is 8.98. The van der Waals surface area contributed by atoms with Gasteiger partial charge in [0.05, 0.1) is 6.54 Å². The second-order valence-corrected chi connectivity index (χ2v) is 6.21. The van der Waals surface area contributed by atoms with Gasteiger partial charge in [-0.1, -0.05) is 64.7 Å². The van der Waals surface area contributed by atoms with Gasteiger partial charge in [-0.05, 0) is 20.3 Å². The molecule has 0 rings (SSSR count). The van der Waals surface area contributed by atoms with Gasteiger partial charge in [0, 0.05) is 5.54 Å². The minimum absolute atomic E-state index is 0. The van der Waals surface area contributed by atoms with Crippen LogP contribution in [0.1, 0.15) is 85.0 Å². The molecule has 0 aromatic heterocycles. The Hall–Kier alpha value is -0.610. The van der Waals surface area contributed by atoms with Crippen LogP contribution in [-0.4, -0.2) is 28.6 Å². The van der Waals surface area contributed by atoms with E-state index in [4.69, 9.17) is 5.11 Å². The minimum Gasteiger partial charge on any atom is -0.480 e. The lowest BCUT2D eigenvalue weighted by molar-refractivity contribution is -0.136. The highest BCUT2D eigenvalue weighted by molar-refractivity contribution is 5.69. The Morgan fingerprint density at radius 2 is 1.40 bits per heavy atom. The molecular weight excluding hydrogens is 254 g/mol. The molecule has 4 heteroatoms. The molecule has 20 heavy (non-hydrogen) atoms. The standard InChI is InChI=1S/C16H33NO2.H2O/c1-4-5-6-7-8-9-10-11-12-13-16(2,3)17-14-15(18)19;/h17H,4-14H2,1-3H3,(H,18,19);1H2. The second kappa shape index (κ2) is 13.4. The highest BCUT2D eigenvalue weighted by atomic mass is 16.4. The quantitative estimate of drug-likeness (QED) is 0.509. The van der Waals surface area contributed by atoms with Gasteiger partial charge in [0.25, 0.3) is 0 Å². The van der Waals surface area contributed by atoms with Gasteiger partial charge < -0.3 is 15.9 Å². The van der Waals surface area contributed by atoms with Gasteiger partial charge in [0.2, 0.25) is 0 Å². The monoisotopic (exact) mass is 289 g/mol. The van der Waals surface area contributed by atoms with Crippen molar-refractivity contribution < 1.29 is 15.4 Å². The predicted octanol–water partition coefficient (Wildman–Crippen LogP) is 3.54. The van der Waals surface area contributed by atoms with Gasteiger partial charge in [-0.2, -0.15) is 0 Å². The van der Waals surface area contributed by atoms with Crippen LogP contribution in [0.4, 0.5) is 0 Å². The molecule has 0 spiro atoms. The zero-order valence-electron chi connectivity index (χ0n) is 13.6. The Kier molecular flexibility index (Phi) is 14.5. The van der Waals surface area contributed by atoms with E-state index in [-0.39, 0.29) is 17.6 Å². The summed E-state index contributed by atoms with van der Waals surface area (Å²) in [5.41, 5.74) is -0.0560. The normalized spacial score (nSPS) is 11.2. The molecule has 0 aliphatic carbocycles. The maximum Gasteiger partial charge on any atom is 0.317 e. The molecule has 0 bridgehead atoms. The maximum absolute atomic E-state index is 10.5. The predicted molar refractivity (Wildman–Crippen MR) is 85.2 cm³/mol. The lowest BCUT2D eigenvalue weighted by atomic mass is 9.96. The summed E-state index contributed by atoms with van der Waals surface area (Å²) < 4.78 is 0. The van der Waals surface area contributed by atoms with Gasteiger partial charge in [0.15, 0.2) is 0 Å². The Morgan fingerprint density at radius 1 is 0.950 bits per heavy atom. The van der Waals surface area contributed by atoms with Crippen molar-refractivity contribution >= 4 is 5.97 Å². The van der Waals surface area contributed by atoms with Crippen molar-refractivity contribution in [1.29, 1.82) is 0 Å². The van der Waals surface area contributed by atoms with Crippen LogP contribution in [0.2, 0.25) is 0 Å². The van der Waals surface area contributed by atoms with Crippen LogP contribution in [0, 0.1) is 0 Å². The number of rotatable bonds is 13. The molecule has 4 nitrogen and oxygen atoms in total. The van der Waals surface area contributed by atoms with Crippen LogP contribution in [0.15, 0.2) is 0 Å². The van der Waals surface area contributed by atoms with Crippen LogP contribution in [0.5, 0.6) is 0 Å². The lowest BCUT2D eigenvalue weighted by Gasteiger charge is -2.25. The fraction of sp³-hybridized carbons (Fsp3) is 0.938. The number of carboxylic acids is 1. The van der Waals surface area contributed by atoms with E-state index >= 15 is 0 Å². The van der Waals surface area contributed by atoms with E-state index in [1.54, 1.807) is 0 Å². The number of carboxylic acid groups (broad SMARTS) is 1. The third kappa shape index (κ3) is 15.4. The Bertz CT molecular complexity index is 230. The van der Waals surface area contributed by atoms with E-state index in [2.05, 4.69) is 26.1 Å². The van der Waals surface area contributed by atoms with Crippen LogP contribution in [0.25, 0.3) is 0 Å². The van der Waals surface area contributed by atoms with E-state index in [0.717, 1.165) is 6.42 Å². The molecule has 0 fully saturated rings. The van der Waals surface area contributed by atoms with Crippen LogP contribution >= 0.6 is 0 Å². The Morgan fingerprint density at radius 3 is 1.85 bits per heavy atom. The molecule has 0 saturated carbocycles. The van der Waals surface area contributed by atoms with Crippen molar-refractivity contribution in [2.75, 3.05) is 6.54 Å². The summed E-state index contributed by atoms with van der Waals surface area (Å²) in [5, 5.41) is 11.7. The zero-order valence-corrected chi connectivity index (χ0v) is 13.6. The molecule has 0 saturated heterocycles. The molecule has 4 N–H and O–H groups in total. The topological polar surface area (TPSA) is 80.8 Å². The van der Waals surface area contributed by atoms with E-state index in [9.17, 15) is 4.79 Å². The molecule has 0 aromatic rings. The third-order valence-corrected chi connectivity index (χ3v) is 3.62. The van der Waals surface area contributed by atoms with E-state index < -0.39 is 5.97 Å². The fourth-order valence-electron chi connectivity index (χ4n) is 2.28. The average Bonchev–Trinajstić information content (AvgIpc) is 2.34. The number of unbranched alkanes of at least 4 members (excludes halogenated alkanes) is 8. The molecule has 0 heterocycles. The molecule has 0 atom stereocenters. The van der Waals surface area contributed by atoms with E-state index in [1.165, 1.54) is 57.8 Å². The summed E-state index contributed by atoms with van der Waals surface area (Å²) in [7, 11) is 0. The number of hydrogen-bond acceptors (Lipinski definition) is 2. The molecule has 0 amide bonds. The van der Waals surface area contributed by atoms with Gasteiger partial charge in [-0.3, -0.25) is 4.79 Å². The summed E-state index contributed by atoms with van der Waals surface area (Å²) >= 11 is 0. The van der Waals surface area contributed by atoms with Crippen molar-refractivity contribution in [1.82, 2.24) is 5.32 Å². The number of carbonyl (C=O) groups is 1. The van der Waals surface area contributed by atoms with Gasteiger partial charge in [0.1, 0.15) is 0 Å². The van der Waals surface area contributed by atoms with Gasteiger partial charge in [-0.15, -0.1) is 0 Å². The van der Waals surface area contributed by atoms with Crippen LogP contribution < -0.4 is 5.32 Å². The molecule has 122 valence electrons. The second-order valence-electron chi connectivity index (χ2n) is 6.21. The zero-order chi connectivity index (χ0) is 14.6. The van der Waals surface area contributed by atoms with E-state index in [1.807, 2.05) is 0 Å². The molecule has 0 aromatic carbocycles. The molecular formula is C16H35NO3. The summed E-state index contributed by atoms with van der Waals surface area (Å²) in [4.78, 5) is 10.5. The van der Waals surface area contributed by atoms with Crippen molar-refractivity contribution in [2.24, 2.45) is 0 Å². The number of aliphatic carboxylic acids is 1. The molecule has 0 aliphatic rings. The first-order valence-electron chi connectivity index (χ1n) is 7.95. The lowest BCUT2D eigenvalue weighted by Crippen LogP contribution is -2.42. The molecule has 0 radical (unpaired) electrons. The summed E-state index contributed by atoms with van der Waals surface area (Å²) in [5.74, 6) is -0.778. The van der Waals surface area contributed by atoms with Crippen molar-refractivity contribution in [2.45, 2.75) is 90.5 Å². The Labute approximate surface area is 124 Å². The maximum atomic E-state index is 10.5.